The predicted molar refractivity (Wildman–Crippen MR) is 149 cm³/mol. The number of nitrogens with one attached hydrogen (secondary N) is 3. The average Bonchev–Trinajstić information content (AvgIpc) is 2.95. The third-order valence-corrected chi connectivity index (χ3v) is 7.60. The van der Waals surface area contributed by atoms with E-state index in [4.69, 9.17) is 4.74 Å². The van der Waals surface area contributed by atoms with Gasteiger partial charge in [0.15, 0.2) is 11.6 Å². The van der Waals surface area contributed by atoms with E-state index < -0.39 is 38.8 Å². The Balaban J connectivity index is 1.38. The maximum atomic E-state index is 15.2. The van der Waals surface area contributed by atoms with Crippen LogP contribution in [0.3, 0.4) is 0 Å². The molecule has 208 valence electrons. The molecule has 1 atom stereocenters. The first-order valence-corrected chi connectivity index (χ1v) is 14.4. The van der Waals surface area contributed by atoms with Gasteiger partial charge in [-0.05, 0) is 61.7 Å². The Bertz CT molecular complexity index is 1600. The van der Waals surface area contributed by atoms with Crippen molar-refractivity contribution in [2.45, 2.75) is 31.6 Å². The van der Waals surface area contributed by atoms with Crippen LogP contribution in [-0.4, -0.2) is 42.5 Å². The van der Waals surface area contributed by atoms with Crippen molar-refractivity contribution in [2.24, 2.45) is 0 Å². The zero-order valence-corrected chi connectivity index (χ0v) is 22.5. The molecule has 9 nitrogen and oxygen atoms in total. The fourth-order valence-electron chi connectivity index (χ4n) is 4.42. The standard InChI is InChI=1S/C28H28F2N6O3S/c1-18-15-23(24(29)25(30)26(18)36-40(37,38)17-19-7-3-2-4-8-19)39-27-21(10-6-13-32-27)22-11-14-33-28(35-22)34-20-9-5-12-31-16-20/h2-4,6-8,10-11,13-15,20,31,36H,5,9,12,16-17H2,1H3,(H,33,34,35). The Kier molecular flexibility index (Phi) is 8.17. The molecule has 1 unspecified atom stereocenters. The molecule has 0 bridgehead atoms. The minimum Gasteiger partial charge on any atom is -0.435 e. The lowest BCUT2D eigenvalue weighted by Gasteiger charge is -2.23. The largest absolute Gasteiger partial charge is 0.435 e. The average molecular weight is 567 g/mol. The molecule has 1 fully saturated rings. The third kappa shape index (κ3) is 6.52. The van der Waals surface area contributed by atoms with Crippen LogP contribution in [0.4, 0.5) is 20.4 Å². The van der Waals surface area contributed by atoms with Gasteiger partial charge in [-0.1, -0.05) is 30.3 Å². The van der Waals surface area contributed by atoms with E-state index in [1.807, 2.05) is 0 Å². The molecule has 40 heavy (non-hydrogen) atoms. The topological polar surface area (TPSA) is 118 Å². The Morgan fingerprint density at radius 2 is 1.88 bits per heavy atom. The lowest BCUT2D eigenvalue weighted by molar-refractivity contribution is 0.407. The quantitative estimate of drug-likeness (QED) is 0.258. The van der Waals surface area contributed by atoms with E-state index in [2.05, 4.69) is 30.3 Å². The number of sulfonamides is 1. The van der Waals surface area contributed by atoms with Crippen LogP contribution >= 0.6 is 0 Å². The van der Waals surface area contributed by atoms with E-state index in [1.54, 1.807) is 54.7 Å². The van der Waals surface area contributed by atoms with Gasteiger partial charge in [0.25, 0.3) is 0 Å². The highest BCUT2D eigenvalue weighted by atomic mass is 32.2. The van der Waals surface area contributed by atoms with E-state index in [0.717, 1.165) is 25.9 Å². The molecule has 1 aliphatic rings. The second-order valence-corrected chi connectivity index (χ2v) is 11.2. The van der Waals surface area contributed by atoms with Crippen LogP contribution < -0.4 is 20.1 Å². The molecule has 1 aliphatic heterocycles. The fourth-order valence-corrected chi connectivity index (χ4v) is 5.68. The van der Waals surface area contributed by atoms with Gasteiger partial charge >= 0.3 is 0 Å². The SMILES string of the molecule is Cc1cc(Oc2ncccc2-c2ccnc(NC3CCCNC3)n2)c(F)c(F)c1NS(=O)(=O)Cc1ccccc1. The van der Waals surface area contributed by atoms with Crippen molar-refractivity contribution in [3.63, 3.8) is 0 Å². The first-order chi connectivity index (χ1) is 19.3. The van der Waals surface area contributed by atoms with Crippen molar-refractivity contribution >= 4 is 21.7 Å². The fraction of sp³-hybridized carbons (Fsp3) is 0.250. The molecule has 0 aliphatic carbocycles. The number of ether oxygens (including phenoxy) is 1. The van der Waals surface area contributed by atoms with E-state index >= 15 is 8.78 Å². The van der Waals surface area contributed by atoms with Crippen molar-refractivity contribution in [1.82, 2.24) is 20.3 Å². The molecule has 5 rings (SSSR count). The number of aromatic nitrogens is 3. The zero-order chi connectivity index (χ0) is 28.1. The second-order valence-electron chi connectivity index (χ2n) is 9.45. The maximum Gasteiger partial charge on any atom is 0.237 e. The highest BCUT2D eigenvalue weighted by Crippen LogP contribution is 2.36. The lowest BCUT2D eigenvalue weighted by Crippen LogP contribution is -2.38. The number of anilines is 2. The van der Waals surface area contributed by atoms with Crippen LogP contribution in [0.5, 0.6) is 11.6 Å². The molecule has 12 heteroatoms. The lowest BCUT2D eigenvalue weighted by atomic mass is 10.1. The normalized spacial score (nSPS) is 15.4. The van der Waals surface area contributed by atoms with Crippen molar-refractivity contribution in [3.05, 3.63) is 89.8 Å². The molecule has 2 aromatic heterocycles. The van der Waals surface area contributed by atoms with Gasteiger partial charge in [0, 0.05) is 25.0 Å². The number of pyridine rings is 1. The second kappa shape index (κ2) is 11.9. The molecule has 0 radical (unpaired) electrons. The summed E-state index contributed by atoms with van der Waals surface area (Å²) in [6.45, 7) is 3.24. The maximum absolute atomic E-state index is 15.2. The summed E-state index contributed by atoms with van der Waals surface area (Å²) in [5.74, 6) is -3.13. The van der Waals surface area contributed by atoms with Gasteiger partial charge in [-0.3, -0.25) is 4.72 Å². The highest BCUT2D eigenvalue weighted by molar-refractivity contribution is 7.91. The van der Waals surface area contributed by atoms with Crippen LogP contribution in [0, 0.1) is 18.6 Å². The van der Waals surface area contributed by atoms with Gasteiger partial charge in [-0.25, -0.2) is 27.8 Å². The molecule has 3 N–H and O–H groups in total. The Morgan fingerprint density at radius 1 is 1.05 bits per heavy atom. The predicted octanol–water partition coefficient (Wildman–Crippen LogP) is 5.02. The first-order valence-electron chi connectivity index (χ1n) is 12.8. The van der Waals surface area contributed by atoms with Crippen LogP contribution in [-0.2, 0) is 15.8 Å². The number of nitrogens with zero attached hydrogens (tertiary/aromatic N) is 3. The molecule has 0 amide bonds. The highest BCUT2D eigenvalue weighted by Gasteiger charge is 2.24. The van der Waals surface area contributed by atoms with Gasteiger partial charge in [0.05, 0.1) is 22.7 Å². The summed E-state index contributed by atoms with van der Waals surface area (Å²) in [5.41, 5.74) is 1.09. The zero-order valence-electron chi connectivity index (χ0n) is 21.7. The molecular weight excluding hydrogens is 538 g/mol. The Hall–Kier alpha value is -4.16. The van der Waals surface area contributed by atoms with E-state index in [0.29, 0.717) is 22.8 Å². The monoisotopic (exact) mass is 566 g/mol. The smallest absolute Gasteiger partial charge is 0.237 e. The Morgan fingerprint density at radius 3 is 2.65 bits per heavy atom. The molecule has 2 aromatic carbocycles. The number of halogens is 2. The minimum atomic E-state index is -4.01. The molecule has 3 heterocycles. The summed E-state index contributed by atoms with van der Waals surface area (Å²) in [6, 6.07) is 14.9. The molecular formula is C28H28F2N6O3S. The van der Waals surface area contributed by atoms with Gasteiger partial charge in [0.1, 0.15) is 0 Å². The summed E-state index contributed by atoms with van der Waals surface area (Å²) in [6.07, 6.45) is 5.09. The number of rotatable bonds is 9. The van der Waals surface area contributed by atoms with Gasteiger partial charge in [-0.15, -0.1) is 0 Å². The van der Waals surface area contributed by atoms with Gasteiger partial charge < -0.3 is 15.4 Å². The first kappa shape index (κ1) is 27.4. The summed E-state index contributed by atoms with van der Waals surface area (Å²) in [7, 11) is -4.01. The van der Waals surface area contributed by atoms with Crippen molar-refractivity contribution in [1.29, 1.82) is 0 Å². The third-order valence-electron chi connectivity index (χ3n) is 6.37. The van der Waals surface area contributed by atoms with Crippen LogP contribution in [0.2, 0.25) is 0 Å². The molecule has 0 saturated carbocycles. The number of aryl methyl sites for hydroxylation is 1. The molecule has 4 aromatic rings. The number of benzene rings is 2. The van der Waals surface area contributed by atoms with Gasteiger partial charge in [0.2, 0.25) is 27.7 Å². The van der Waals surface area contributed by atoms with Crippen LogP contribution in [0.25, 0.3) is 11.3 Å². The molecule has 1 saturated heterocycles. The summed E-state index contributed by atoms with van der Waals surface area (Å²) in [4.78, 5) is 13.1. The summed E-state index contributed by atoms with van der Waals surface area (Å²) < 4.78 is 63.6. The van der Waals surface area contributed by atoms with E-state index in [9.17, 15) is 8.42 Å². The number of hydrogen-bond donors (Lipinski definition) is 3. The number of piperidine rings is 1. The Labute approximate surface area is 231 Å². The summed E-state index contributed by atoms with van der Waals surface area (Å²) in [5, 5.41) is 6.64. The van der Waals surface area contributed by atoms with E-state index in [-0.39, 0.29) is 17.5 Å². The van der Waals surface area contributed by atoms with Crippen molar-refractivity contribution in [3.8, 4) is 22.9 Å². The van der Waals surface area contributed by atoms with Crippen molar-refractivity contribution < 1.29 is 21.9 Å². The molecule has 0 spiro atoms. The van der Waals surface area contributed by atoms with E-state index in [1.165, 1.54) is 19.2 Å². The van der Waals surface area contributed by atoms with Crippen molar-refractivity contribution in [2.75, 3.05) is 23.1 Å². The van der Waals surface area contributed by atoms with Gasteiger partial charge in [-0.2, -0.15) is 4.39 Å². The van der Waals surface area contributed by atoms with Crippen LogP contribution in [0.1, 0.15) is 24.0 Å². The minimum absolute atomic E-state index is 0.00147. The number of hydrogen-bond acceptors (Lipinski definition) is 8. The summed E-state index contributed by atoms with van der Waals surface area (Å²) >= 11 is 0. The van der Waals surface area contributed by atoms with Crippen LogP contribution in [0.15, 0.2) is 67.0 Å².